The Morgan fingerprint density at radius 2 is 1.68 bits per heavy atom. The Hall–Kier alpha value is -1.59. The first-order valence-corrected chi connectivity index (χ1v) is 9.33. The van der Waals surface area contributed by atoms with Gasteiger partial charge in [0.25, 0.3) is 0 Å². The van der Waals surface area contributed by atoms with Gasteiger partial charge in [-0.05, 0) is 30.9 Å². The maximum Gasteiger partial charge on any atom is 0.241 e. The van der Waals surface area contributed by atoms with Crippen LogP contribution in [0.3, 0.4) is 0 Å². The van der Waals surface area contributed by atoms with Gasteiger partial charge in [-0.3, -0.25) is 0 Å². The van der Waals surface area contributed by atoms with Crippen molar-refractivity contribution in [1.82, 2.24) is 4.72 Å². The average molecular weight is 318 g/mol. The minimum Gasteiger partial charge on any atom is -0.398 e. The summed E-state index contributed by atoms with van der Waals surface area (Å²) in [7, 11) is -3.51. The van der Waals surface area contributed by atoms with Gasteiger partial charge in [0.15, 0.2) is 0 Å². The second-order valence-electron chi connectivity index (χ2n) is 6.05. The quantitative estimate of drug-likeness (QED) is 0.850. The summed E-state index contributed by atoms with van der Waals surface area (Å²) in [6.07, 6.45) is 5.91. The highest BCUT2D eigenvalue weighted by molar-refractivity contribution is 7.89. The number of hydrogen-bond acceptors (Lipinski definition) is 3. The molecular formula is C17H22N2O2S. The van der Waals surface area contributed by atoms with Crippen molar-refractivity contribution >= 4 is 26.5 Å². The number of sulfonamides is 1. The van der Waals surface area contributed by atoms with Crippen LogP contribution in [-0.4, -0.2) is 15.0 Å². The van der Waals surface area contributed by atoms with Gasteiger partial charge in [-0.15, -0.1) is 0 Å². The number of anilines is 1. The molecule has 5 heteroatoms. The molecule has 2 aromatic carbocycles. The topological polar surface area (TPSA) is 72.2 Å². The monoisotopic (exact) mass is 318 g/mol. The lowest BCUT2D eigenvalue weighted by Gasteiger charge is -2.22. The average Bonchev–Trinajstić information content (AvgIpc) is 2.54. The van der Waals surface area contributed by atoms with Crippen molar-refractivity contribution in [1.29, 1.82) is 0 Å². The van der Waals surface area contributed by atoms with Gasteiger partial charge >= 0.3 is 0 Å². The zero-order chi connectivity index (χ0) is 15.6. The number of hydrogen-bond donors (Lipinski definition) is 2. The predicted octanol–water partition coefficient (Wildman–Crippen LogP) is 3.28. The third kappa shape index (κ3) is 3.10. The fourth-order valence-electron chi connectivity index (χ4n) is 3.24. The smallest absolute Gasteiger partial charge is 0.241 e. The van der Waals surface area contributed by atoms with Crippen molar-refractivity contribution in [3.8, 4) is 0 Å². The fourth-order valence-corrected chi connectivity index (χ4v) is 4.57. The molecule has 0 bridgehead atoms. The van der Waals surface area contributed by atoms with Gasteiger partial charge in [-0.25, -0.2) is 13.1 Å². The number of nitrogens with one attached hydrogen (secondary N) is 1. The van der Waals surface area contributed by atoms with E-state index >= 15 is 0 Å². The molecule has 118 valence electrons. The van der Waals surface area contributed by atoms with Gasteiger partial charge in [0.2, 0.25) is 10.0 Å². The first-order valence-electron chi connectivity index (χ1n) is 7.85. The number of nitrogens with two attached hydrogens (primary N) is 1. The van der Waals surface area contributed by atoms with Crippen LogP contribution < -0.4 is 10.5 Å². The summed E-state index contributed by atoms with van der Waals surface area (Å²) >= 11 is 0. The lowest BCUT2D eigenvalue weighted by Crippen LogP contribution is -2.30. The van der Waals surface area contributed by atoms with Crippen LogP contribution in [0.4, 0.5) is 5.69 Å². The second-order valence-corrected chi connectivity index (χ2v) is 7.79. The van der Waals surface area contributed by atoms with E-state index in [0.29, 0.717) is 28.4 Å². The molecule has 3 N–H and O–H groups in total. The van der Waals surface area contributed by atoms with Crippen molar-refractivity contribution in [2.75, 3.05) is 12.3 Å². The van der Waals surface area contributed by atoms with Crippen molar-refractivity contribution in [2.24, 2.45) is 5.92 Å². The first kappa shape index (κ1) is 15.3. The predicted molar refractivity (Wildman–Crippen MR) is 90.1 cm³/mol. The third-order valence-electron chi connectivity index (χ3n) is 4.49. The zero-order valence-corrected chi connectivity index (χ0v) is 13.4. The molecule has 4 nitrogen and oxygen atoms in total. The van der Waals surface area contributed by atoms with Gasteiger partial charge in [0, 0.05) is 23.0 Å². The molecule has 2 aromatic rings. The van der Waals surface area contributed by atoms with Crippen molar-refractivity contribution < 1.29 is 8.42 Å². The number of nitrogen functional groups attached to an aromatic ring is 1. The first-order chi connectivity index (χ1) is 10.6. The van der Waals surface area contributed by atoms with Gasteiger partial charge in [-0.1, -0.05) is 43.5 Å². The number of rotatable bonds is 4. The summed E-state index contributed by atoms with van der Waals surface area (Å²) in [4.78, 5) is 0.313. The normalized spacial score (nSPS) is 16.9. The summed E-state index contributed by atoms with van der Waals surface area (Å²) in [6.45, 7) is 0.529. The molecule has 3 rings (SSSR count). The van der Waals surface area contributed by atoms with Crippen LogP contribution in [0.2, 0.25) is 0 Å². The van der Waals surface area contributed by atoms with E-state index in [-0.39, 0.29) is 0 Å². The highest BCUT2D eigenvalue weighted by Crippen LogP contribution is 2.28. The summed E-state index contributed by atoms with van der Waals surface area (Å²) < 4.78 is 28.1. The Bertz CT molecular complexity index is 765. The third-order valence-corrected chi connectivity index (χ3v) is 5.97. The van der Waals surface area contributed by atoms with E-state index in [1.807, 2.05) is 6.07 Å². The summed E-state index contributed by atoms with van der Waals surface area (Å²) in [5, 5.41) is 1.46. The molecule has 1 saturated carbocycles. The van der Waals surface area contributed by atoms with Crippen molar-refractivity contribution in [3.05, 3.63) is 36.4 Å². The molecule has 0 aliphatic heterocycles. The molecule has 0 aromatic heterocycles. The van der Waals surface area contributed by atoms with Crippen molar-refractivity contribution in [2.45, 2.75) is 37.0 Å². The molecule has 1 aliphatic carbocycles. The summed E-state index contributed by atoms with van der Waals surface area (Å²) in [5.74, 6) is 0.462. The molecule has 0 atom stereocenters. The Labute approximate surface area is 131 Å². The SMILES string of the molecule is Nc1cccc2c(S(=O)(=O)NCC3CCCCC3)cccc12. The Kier molecular flexibility index (Phi) is 4.36. The van der Waals surface area contributed by atoms with E-state index in [1.54, 1.807) is 30.3 Å². The molecular weight excluding hydrogens is 296 g/mol. The Morgan fingerprint density at radius 1 is 1.00 bits per heavy atom. The van der Waals surface area contributed by atoms with E-state index < -0.39 is 10.0 Å². The highest BCUT2D eigenvalue weighted by Gasteiger charge is 2.20. The summed E-state index contributed by atoms with van der Waals surface area (Å²) in [5.41, 5.74) is 6.54. The van der Waals surface area contributed by atoms with Crippen LogP contribution in [-0.2, 0) is 10.0 Å². The highest BCUT2D eigenvalue weighted by atomic mass is 32.2. The molecule has 0 amide bonds. The van der Waals surface area contributed by atoms with E-state index in [2.05, 4.69) is 4.72 Å². The van der Waals surface area contributed by atoms with E-state index in [9.17, 15) is 8.42 Å². The second kappa shape index (κ2) is 6.26. The zero-order valence-electron chi connectivity index (χ0n) is 12.6. The molecule has 0 saturated heterocycles. The lowest BCUT2D eigenvalue weighted by molar-refractivity contribution is 0.357. The van der Waals surface area contributed by atoms with Gasteiger partial charge in [0.1, 0.15) is 0 Å². The number of benzene rings is 2. The molecule has 1 aliphatic rings. The minimum absolute atomic E-state index is 0.313. The largest absolute Gasteiger partial charge is 0.398 e. The van der Waals surface area contributed by atoms with Crippen LogP contribution in [0.25, 0.3) is 10.8 Å². The summed E-state index contributed by atoms with van der Waals surface area (Å²) in [6, 6.07) is 10.6. The van der Waals surface area contributed by atoms with E-state index in [1.165, 1.54) is 19.3 Å². The van der Waals surface area contributed by atoms with E-state index in [4.69, 9.17) is 5.73 Å². The van der Waals surface area contributed by atoms with Crippen LogP contribution in [0.5, 0.6) is 0 Å². The van der Waals surface area contributed by atoms with Gasteiger partial charge in [0.05, 0.1) is 4.90 Å². The molecule has 0 heterocycles. The Morgan fingerprint density at radius 3 is 2.45 bits per heavy atom. The molecule has 0 spiro atoms. The molecule has 22 heavy (non-hydrogen) atoms. The molecule has 0 radical (unpaired) electrons. The minimum atomic E-state index is -3.51. The van der Waals surface area contributed by atoms with Gasteiger partial charge < -0.3 is 5.73 Å². The molecule has 0 unspecified atom stereocenters. The van der Waals surface area contributed by atoms with Crippen LogP contribution in [0.15, 0.2) is 41.3 Å². The standard InChI is InChI=1S/C17H22N2O2S/c18-16-10-4-9-15-14(16)8-5-11-17(15)22(20,21)19-12-13-6-2-1-3-7-13/h4-5,8-11,13,19H,1-3,6-7,12,18H2. The molecule has 1 fully saturated rings. The number of fused-ring (bicyclic) bond motifs is 1. The maximum absolute atomic E-state index is 12.6. The van der Waals surface area contributed by atoms with Crippen LogP contribution >= 0.6 is 0 Å². The fraction of sp³-hybridized carbons (Fsp3) is 0.412. The van der Waals surface area contributed by atoms with Crippen LogP contribution in [0.1, 0.15) is 32.1 Å². The Balaban J connectivity index is 1.87. The lowest BCUT2D eigenvalue weighted by atomic mass is 9.90. The van der Waals surface area contributed by atoms with Gasteiger partial charge in [-0.2, -0.15) is 0 Å². The van der Waals surface area contributed by atoms with Crippen molar-refractivity contribution in [3.63, 3.8) is 0 Å². The maximum atomic E-state index is 12.6. The van der Waals surface area contributed by atoms with Crippen LogP contribution in [0, 0.1) is 5.92 Å². The van der Waals surface area contributed by atoms with E-state index in [0.717, 1.165) is 18.2 Å².